The van der Waals surface area contributed by atoms with E-state index in [1.165, 1.54) is 0 Å². The molecule has 1 aliphatic heterocycles. The van der Waals surface area contributed by atoms with Gasteiger partial charge in [0.25, 0.3) is 0 Å². The summed E-state index contributed by atoms with van der Waals surface area (Å²) < 4.78 is 25.3. The van der Waals surface area contributed by atoms with Crippen LogP contribution in [-0.2, 0) is 9.84 Å². The fraction of sp³-hybridized carbons (Fsp3) is 0.278. The number of sulfone groups is 1. The maximum absolute atomic E-state index is 12.5. The molecule has 1 aliphatic rings. The first-order chi connectivity index (χ1) is 11.8. The van der Waals surface area contributed by atoms with Gasteiger partial charge in [-0.15, -0.1) is 0 Å². The molecule has 2 aromatic rings. The SMILES string of the molecule is Cc1cc(Br)cc(C)c1NC(=O)NC1CCS(=O)(=O)c2ccccc21. The molecule has 7 heteroatoms. The Balaban J connectivity index is 1.81. The summed E-state index contributed by atoms with van der Waals surface area (Å²) in [5.41, 5.74) is 3.31. The van der Waals surface area contributed by atoms with E-state index in [4.69, 9.17) is 0 Å². The zero-order valence-electron chi connectivity index (χ0n) is 14.0. The molecule has 1 atom stereocenters. The molecule has 0 aliphatic carbocycles. The molecule has 132 valence electrons. The lowest BCUT2D eigenvalue weighted by Crippen LogP contribution is -2.36. The number of carbonyl (C=O) groups is 1. The van der Waals surface area contributed by atoms with E-state index in [0.29, 0.717) is 16.9 Å². The Hall–Kier alpha value is -1.86. The van der Waals surface area contributed by atoms with Gasteiger partial charge in [-0.3, -0.25) is 0 Å². The van der Waals surface area contributed by atoms with E-state index in [1.54, 1.807) is 24.3 Å². The van der Waals surface area contributed by atoms with E-state index in [9.17, 15) is 13.2 Å². The van der Waals surface area contributed by atoms with Crippen LogP contribution in [0.15, 0.2) is 45.8 Å². The topological polar surface area (TPSA) is 75.3 Å². The van der Waals surface area contributed by atoms with Gasteiger partial charge in [0.2, 0.25) is 0 Å². The van der Waals surface area contributed by atoms with Crippen LogP contribution in [0, 0.1) is 13.8 Å². The Morgan fingerprint density at radius 2 is 1.80 bits per heavy atom. The molecule has 2 aromatic carbocycles. The molecule has 25 heavy (non-hydrogen) atoms. The van der Waals surface area contributed by atoms with Crippen LogP contribution in [0.5, 0.6) is 0 Å². The predicted molar refractivity (Wildman–Crippen MR) is 102 cm³/mol. The second kappa shape index (κ2) is 6.80. The number of amides is 2. The van der Waals surface area contributed by atoms with Gasteiger partial charge in [0.1, 0.15) is 0 Å². The summed E-state index contributed by atoms with van der Waals surface area (Å²) in [5.74, 6) is 0.0330. The zero-order chi connectivity index (χ0) is 18.2. The lowest BCUT2D eigenvalue weighted by Gasteiger charge is -2.26. The summed E-state index contributed by atoms with van der Waals surface area (Å²) in [7, 11) is -3.26. The van der Waals surface area contributed by atoms with Crippen LogP contribution >= 0.6 is 15.9 Å². The maximum atomic E-state index is 12.5. The van der Waals surface area contributed by atoms with Crippen molar-refractivity contribution < 1.29 is 13.2 Å². The number of hydrogen-bond acceptors (Lipinski definition) is 3. The van der Waals surface area contributed by atoms with Gasteiger partial charge in [0.15, 0.2) is 9.84 Å². The van der Waals surface area contributed by atoms with Crippen molar-refractivity contribution >= 4 is 37.5 Å². The van der Waals surface area contributed by atoms with Gasteiger partial charge in [0.05, 0.1) is 16.7 Å². The number of rotatable bonds is 2. The number of hydrogen-bond donors (Lipinski definition) is 2. The molecule has 2 N–H and O–H groups in total. The van der Waals surface area contributed by atoms with Crippen LogP contribution in [-0.4, -0.2) is 20.2 Å². The van der Waals surface area contributed by atoms with E-state index in [2.05, 4.69) is 26.6 Å². The van der Waals surface area contributed by atoms with Crippen molar-refractivity contribution in [2.24, 2.45) is 0 Å². The number of aryl methyl sites for hydroxylation is 2. The van der Waals surface area contributed by atoms with Gasteiger partial charge in [-0.25, -0.2) is 13.2 Å². The summed E-state index contributed by atoms with van der Waals surface area (Å²) in [5, 5.41) is 5.79. The highest BCUT2D eigenvalue weighted by molar-refractivity contribution is 9.10. The molecule has 0 spiro atoms. The first-order valence-electron chi connectivity index (χ1n) is 7.94. The van der Waals surface area contributed by atoms with Crippen LogP contribution in [0.4, 0.5) is 10.5 Å². The van der Waals surface area contributed by atoms with Crippen molar-refractivity contribution in [3.63, 3.8) is 0 Å². The van der Waals surface area contributed by atoms with Gasteiger partial charge >= 0.3 is 6.03 Å². The Kier molecular flexibility index (Phi) is 4.88. The molecule has 0 aromatic heterocycles. The smallest absolute Gasteiger partial charge is 0.319 e. The van der Waals surface area contributed by atoms with Crippen molar-refractivity contribution in [2.45, 2.75) is 31.2 Å². The van der Waals surface area contributed by atoms with Crippen molar-refractivity contribution in [1.82, 2.24) is 5.32 Å². The van der Waals surface area contributed by atoms with Crippen LogP contribution in [0.25, 0.3) is 0 Å². The van der Waals surface area contributed by atoms with E-state index in [-0.39, 0.29) is 17.8 Å². The van der Waals surface area contributed by atoms with Crippen LogP contribution < -0.4 is 10.6 Å². The highest BCUT2D eigenvalue weighted by atomic mass is 79.9. The molecule has 0 bridgehead atoms. The fourth-order valence-electron chi connectivity index (χ4n) is 3.16. The van der Waals surface area contributed by atoms with Crippen molar-refractivity contribution in [2.75, 3.05) is 11.1 Å². The van der Waals surface area contributed by atoms with E-state index in [0.717, 1.165) is 21.3 Å². The molecule has 2 amide bonds. The number of benzene rings is 2. The third-order valence-corrected chi connectivity index (χ3v) is 6.62. The Labute approximate surface area is 155 Å². The second-order valence-electron chi connectivity index (χ2n) is 6.21. The third kappa shape index (κ3) is 3.72. The van der Waals surface area contributed by atoms with Gasteiger partial charge in [0, 0.05) is 10.2 Å². The van der Waals surface area contributed by atoms with Gasteiger partial charge in [-0.05, 0) is 55.2 Å². The second-order valence-corrected chi connectivity index (χ2v) is 9.20. The molecule has 3 rings (SSSR count). The lowest BCUT2D eigenvalue weighted by molar-refractivity contribution is 0.248. The number of carbonyl (C=O) groups excluding carboxylic acids is 1. The molecule has 0 fully saturated rings. The molecular formula is C18H19BrN2O3S. The Morgan fingerprint density at radius 1 is 1.16 bits per heavy atom. The zero-order valence-corrected chi connectivity index (χ0v) is 16.4. The molecule has 1 unspecified atom stereocenters. The fourth-order valence-corrected chi connectivity index (χ4v) is 5.46. The Morgan fingerprint density at radius 3 is 2.48 bits per heavy atom. The first kappa shape index (κ1) is 17.9. The van der Waals surface area contributed by atoms with E-state index in [1.807, 2.05) is 26.0 Å². The third-order valence-electron chi connectivity index (χ3n) is 4.35. The van der Waals surface area contributed by atoms with Crippen LogP contribution in [0.1, 0.15) is 29.2 Å². The normalized spacial score (nSPS) is 18.3. The average molecular weight is 423 g/mol. The van der Waals surface area contributed by atoms with Gasteiger partial charge in [-0.1, -0.05) is 34.1 Å². The van der Waals surface area contributed by atoms with Crippen molar-refractivity contribution in [3.8, 4) is 0 Å². The minimum Gasteiger partial charge on any atom is -0.331 e. The number of urea groups is 1. The molecule has 0 saturated carbocycles. The van der Waals surface area contributed by atoms with Crippen molar-refractivity contribution in [1.29, 1.82) is 0 Å². The first-order valence-corrected chi connectivity index (χ1v) is 10.4. The van der Waals surface area contributed by atoms with Gasteiger partial charge in [-0.2, -0.15) is 0 Å². The predicted octanol–water partition coefficient (Wildman–Crippen LogP) is 4.11. The molecule has 5 nitrogen and oxygen atoms in total. The number of fused-ring (bicyclic) bond motifs is 1. The Bertz CT molecular complexity index is 918. The molecule has 1 heterocycles. The number of anilines is 1. The lowest BCUT2D eigenvalue weighted by atomic mass is 10.0. The monoisotopic (exact) mass is 422 g/mol. The average Bonchev–Trinajstić information content (AvgIpc) is 2.54. The maximum Gasteiger partial charge on any atom is 0.319 e. The number of halogens is 1. The summed E-state index contributed by atoms with van der Waals surface area (Å²) in [6.45, 7) is 3.85. The van der Waals surface area contributed by atoms with Gasteiger partial charge < -0.3 is 10.6 Å². The molecule has 0 radical (unpaired) electrons. The minimum absolute atomic E-state index is 0.0330. The largest absolute Gasteiger partial charge is 0.331 e. The minimum atomic E-state index is -3.26. The summed E-state index contributed by atoms with van der Waals surface area (Å²) >= 11 is 3.44. The highest BCUT2D eigenvalue weighted by Gasteiger charge is 2.30. The molecule has 0 saturated heterocycles. The quantitative estimate of drug-likeness (QED) is 0.764. The number of nitrogens with one attached hydrogen (secondary N) is 2. The standard InChI is InChI=1S/C18H19BrN2O3S/c1-11-9-13(19)10-12(2)17(11)21-18(22)20-15-7-8-25(23,24)16-6-4-3-5-14(15)16/h3-6,9-10,15H,7-8H2,1-2H3,(H2,20,21,22). The van der Waals surface area contributed by atoms with Crippen LogP contribution in [0.3, 0.4) is 0 Å². The molecular weight excluding hydrogens is 404 g/mol. The van der Waals surface area contributed by atoms with Crippen LogP contribution in [0.2, 0.25) is 0 Å². The summed E-state index contributed by atoms with van der Waals surface area (Å²) in [6.07, 6.45) is 0.366. The highest BCUT2D eigenvalue weighted by Crippen LogP contribution is 2.32. The summed E-state index contributed by atoms with van der Waals surface area (Å²) in [6, 6.07) is 10.1. The van der Waals surface area contributed by atoms with Crippen molar-refractivity contribution in [3.05, 3.63) is 57.6 Å². The van der Waals surface area contributed by atoms with E-state index < -0.39 is 9.84 Å². The summed E-state index contributed by atoms with van der Waals surface area (Å²) in [4.78, 5) is 12.8. The van der Waals surface area contributed by atoms with E-state index >= 15 is 0 Å².